The SMILES string of the molecule is CC(C)C(=O)C1=COCCN1c1ccccn1. The molecule has 90 valence electrons. The molecule has 2 rings (SSSR count). The van der Waals surface area contributed by atoms with Crippen molar-refractivity contribution in [2.24, 2.45) is 5.92 Å². The summed E-state index contributed by atoms with van der Waals surface area (Å²) in [7, 11) is 0. The first-order valence-corrected chi connectivity index (χ1v) is 5.74. The molecule has 0 saturated carbocycles. The average molecular weight is 232 g/mol. The second kappa shape index (κ2) is 4.99. The summed E-state index contributed by atoms with van der Waals surface area (Å²) in [5.74, 6) is 0.820. The molecule has 0 N–H and O–H groups in total. The van der Waals surface area contributed by atoms with E-state index in [0.29, 0.717) is 18.8 Å². The minimum atomic E-state index is -0.0471. The zero-order chi connectivity index (χ0) is 12.3. The Kier molecular flexibility index (Phi) is 3.42. The molecule has 1 aliphatic rings. The molecule has 0 aliphatic carbocycles. The van der Waals surface area contributed by atoms with Gasteiger partial charge in [0.15, 0.2) is 5.78 Å². The van der Waals surface area contributed by atoms with E-state index in [-0.39, 0.29) is 11.7 Å². The van der Waals surface area contributed by atoms with E-state index in [1.54, 1.807) is 12.5 Å². The number of anilines is 1. The predicted molar refractivity (Wildman–Crippen MR) is 65.5 cm³/mol. The lowest BCUT2D eigenvalue weighted by atomic mass is 10.1. The molecule has 1 aromatic heterocycles. The Morgan fingerprint density at radius 1 is 1.47 bits per heavy atom. The number of carbonyl (C=O) groups excluding carboxylic acids is 1. The summed E-state index contributed by atoms with van der Waals surface area (Å²) in [5, 5.41) is 0. The zero-order valence-electron chi connectivity index (χ0n) is 10.1. The predicted octanol–water partition coefficient (Wildman–Crippen LogP) is 1.98. The maximum atomic E-state index is 12.1. The van der Waals surface area contributed by atoms with E-state index in [4.69, 9.17) is 4.74 Å². The van der Waals surface area contributed by atoms with Crippen molar-refractivity contribution in [3.8, 4) is 0 Å². The van der Waals surface area contributed by atoms with Crippen LogP contribution in [0, 0.1) is 5.92 Å². The number of Topliss-reactive ketones (excluding diaryl/α,β-unsaturated/α-hetero) is 1. The molecule has 0 fully saturated rings. The highest BCUT2D eigenvalue weighted by Crippen LogP contribution is 2.21. The van der Waals surface area contributed by atoms with Crippen LogP contribution in [0.2, 0.25) is 0 Å². The van der Waals surface area contributed by atoms with Gasteiger partial charge in [-0.2, -0.15) is 0 Å². The van der Waals surface area contributed by atoms with Crippen molar-refractivity contribution in [1.29, 1.82) is 0 Å². The van der Waals surface area contributed by atoms with Crippen molar-refractivity contribution < 1.29 is 9.53 Å². The Morgan fingerprint density at radius 3 is 2.94 bits per heavy atom. The number of ketones is 1. The van der Waals surface area contributed by atoms with Crippen LogP contribution in [0.1, 0.15) is 13.8 Å². The Morgan fingerprint density at radius 2 is 2.29 bits per heavy atom. The van der Waals surface area contributed by atoms with Crippen LogP contribution in [-0.2, 0) is 9.53 Å². The van der Waals surface area contributed by atoms with Crippen LogP contribution in [0.25, 0.3) is 0 Å². The third-order valence-electron chi connectivity index (χ3n) is 2.62. The topological polar surface area (TPSA) is 42.4 Å². The number of ether oxygens (including phenoxy) is 1. The van der Waals surface area contributed by atoms with Crippen LogP contribution >= 0.6 is 0 Å². The van der Waals surface area contributed by atoms with Crippen molar-refractivity contribution in [3.05, 3.63) is 36.4 Å². The van der Waals surface area contributed by atoms with Gasteiger partial charge in [-0.05, 0) is 12.1 Å². The average Bonchev–Trinajstić information content (AvgIpc) is 2.39. The first-order valence-electron chi connectivity index (χ1n) is 5.74. The van der Waals surface area contributed by atoms with E-state index in [1.807, 2.05) is 36.9 Å². The summed E-state index contributed by atoms with van der Waals surface area (Å²) in [5.41, 5.74) is 0.588. The van der Waals surface area contributed by atoms with E-state index in [9.17, 15) is 4.79 Å². The summed E-state index contributed by atoms with van der Waals surface area (Å²) < 4.78 is 5.25. The fraction of sp³-hybridized carbons (Fsp3) is 0.385. The molecule has 0 radical (unpaired) electrons. The highest BCUT2D eigenvalue weighted by atomic mass is 16.5. The fourth-order valence-electron chi connectivity index (χ4n) is 1.70. The molecule has 4 nitrogen and oxygen atoms in total. The lowest BCUT2D eigenvalue weighted by molar-refractivity contribution is -0.118. The van der Waals surface area contributed by atoms with Crippen molar-refractivity contribution in [1.82, 2.24) is 4.98 Å². The molecule has 0 atom stereocenters. The van der Waals surface area contributed by atoms with Crippen molar-refractivity contribution in [2.75, 3.05) is 18.1 Å². The molecule has 0 unspecified atom stereocenters. The number of pyridine rings is 1. The largest absolute Gasteiger partial charge is 0.497 e. The zero-order valence-corrected chi connectivity index (χ0v) is 10.1. The minimum absolute atomic E-state index is 0.0471. The van der Waals surface area contributed by atoms with Gasteiger partial charge in [-0.1, -0.05) is 19.9 Å². The third-order valence-corrected chi connectivity index (χ3v) is 2.62. The maximum Gasteiger partial charge on any atom is 0.184 e. The normalized spacial score (nSPS) is 15.5. The van der Waals surface area contributed by atoms with Crippen LogP contribution in [0.3, 0.4) is 0 Å². The molecule has 17 heavy (non-hydrogen) atoms. The van der Waals surface area contributed by atoms with E-state index in [1.165, 1.54) is 0 Å². The molecule has 0 saturated heterocycles. The van der Waals surface area contributed by atoms with Crippen LogP contribution in [0.5, 0.6) is 0 Å². The van der Waals surface area contributed by atoms with E-state index in [0.717, 1.165) is 5.82 Å². The Labute approximate surface area is 101 Å². The molecule has 1 aromatic rings. The van der Waals surface area contributed by atoms with Gasteiger partial charge < -0.3 is 9.64 Å². The van der Waals surface area contributed by atoms with Gasteiger partial charge in [-0.3, -0.25) is 4.79 Å². The monoisotopic (exact) mass is 232 g/mol. The van der Waals surface area contributed by atoms with Gasteiger partial charge in [0.2, 0.25) is 0 Å². The molecular weight excluding hydrogens is 216 g/mol. The highest BCUT2D eigenvalue weighted by Gasteiger charge is 2.25. The van der Waals surface area contributed by atoms with Gasteiger partial charge >= 0.3 is 0 Å². The Bertz CT molecular complexity index is 426. The molecule has 4 heteroatoms. The van der Waals surface area contributed by atoms with Gasteiger partial charge in [-0.15, -0.1) is 0 Å². The van der Waals surface area contributed by atoms with E-state index >= 15 is 0 Å². The number of allylic oxidation sites excluding steroid dienone is 1. The molecular formula is C13H16N2O2. The lowest BCUT2D eigenvalue weighted by Crippen LogP contribution is -2.36. The Balaban J connectivity index is 2.30. The molecule has 1 aliphatic heterocycles. The van der Waals surface area contributed by atoms with Crippen LogP contribution in [-0.4, -0.2) is 23.9 Å². The summed E-state index contributed by atoms with van der Waals surface area (Å²) in [4.78, 5) is 18.2. The molecule has 0 bridgehead atoms. The molecule has 2 heterocycles. The quantitative estimate of drug-likeness (QED) is 0.799. The minimum Gasteiger partial charge on any atom is -0.497 e. The van der Waals surface area contributed by atoms with Crippen molar-refractivity contribution in [3.63, 3.8) is 0 Å². The summed E-state index contributed by atoms with van der Waals surface area (Å²) in [6.45, 7) is 5.00. The van der Waals surface area contributed by atoms with Crippen LogP contribution < -0.4 is 4.90 Å². The van der Waals surface area contributed by atoms with E-state index in [2.05, 4.69) is 4.98 Å². The van der Waals surface area contributed by atoms with Crippen LogP contribution in [0.15, 0.2) is 36.4 Å². The first-order chi connectivity index (χ1) is 8.20. The number of hydrogen-bond donors (Lipinski definition) is 0. The lowest BCUT2D eigenvalue weighted by Gasteiger charge is -2.29. The molecule has 0 aromatic carbocycles. The maximum absolute atomic E-state index is 12.1. The first kappa shape index (κ1) is 11.6. The summed E-state index contributed by atoms with van der Waals surface area (Å²) in [6, 6.07) is 5.67. The van der Waals surface area contributed by atoms with Gasteiger partial charge in [0.1, 0.15) is 24.4 Å². The smallest absolute Gasteiger partial charge is 0.184 e. The molecule has 0 spiro atoms. The number of hydrogen-bond acceptors (Lipinski definition) is 4. The number of rotatable bonds is 3. The second-order valence-electron chi connectivity index (χ2n) is 4.23. The van der Waals surface area contributed by atoms with Crippen LogP contribution in [0.4, 0.5) is 5.82 Å². The van der Waals surface area contributed by atoms with Crippen molar-refractivity contribution >= 4 is 11.6 Å². The number of nitrogens with zero attached hydrogens (tertiary/aromatic N) is 2. The number of carbonyl (C=O) groups is 1. The second-order valence-corrected chi connectivity index (χ2v) is 4.23. The summed E-state index contributed by atoms with van der Waals surface area (Å²) >= 11 is 0. The summed E-state index contributed by atoms with van der Waals surface area (Å²) in [6.07, 6.45) is 3.27. The standard InChI is InChI=1S/C13H16N2O2/c1-10(2)13(16)11-9-17-8-7-15(11)12-5-3-4-6-14-12/h3-6,9-10H,7-8H2,1-2H3. The van der Waals surface area contributed by atoms with Gasteiger partial charge in [0.05, 0.1) is 6.54 Å². The van der Waals surface area contributed by atoms with Gasteiger partial charge in [-0.25, -0.2) is 4.98 Å². The van der Waals surface area contributed by atoms with Crippen molar-refractivity contribution in [2.45, 2.75) is 13.8 Å². The fourth-order valence-corrected chi connectivity index (χ4v) is 1.70. The Hall–Kier alpha value is -1.84. The highest BCUT2D eigenvalue weighted by molar-refractivity contribution is 5.99. The van der Waals surface area contributed by atoms with Gasteiger partial charge in [0, 0.05) is 12.1 Å². The van der Waals surface area contributed by atoms with Gasteiger partial charge in [0.25, 0.3) is 0 Å². The third kappa shape index (κ3) is 2.46. The number of aromatic nitrogens is 1. The molecule has 0 amide bonds. The van der Waals surface area contributed by atoms with E-state index < -0.39 is 0 Å².